The van der Waals surface area contributed by atoms with Crippen LogP contribution in [0.5, 0.6) is 0 Å². The molecule has 1 fully saturated rings. The van der Waals surface area contributed by atoms with E-state index in [1.54, 1.807) is 0 Å². The lowest BCUT2D eigenvalue weighted by atomic mass is 9.78. The van der Waals surface area contributed by atoms with Crippen molar-refractivity contribution >= 4 is 0 Å². The van der Waals surface area contributed by atoms with Crippen molar-refractivity contribution in [2.24, 2.45) is 5.92 Å². The summed E-state index contributed by atoms with van der Waals surface area (Å²) in [7, 11) is 0. The molecule has 0 aliphatic heterocycles. The lowest BCUT2D eigenvalue weighted by molar-refractivity contribution is -0.0884. The monoisotopic (exact) mass is 290 g/mol. The third kappa shape index (κ3) is 2.78. The highest BCUT2D eigenvalue weighted by atomic mass is 16.5. The van der Waals surface area contributed by atoms with Crippen LogP contribution < -0.4 is 5.56 Å². The molecule has 2 aliphatic rings. The van der Waals surface area contributed by atoms with Gasteiger partial charge in [-0.15, -0.1) is 0 Å². The van der Waals surface area contributed by atoms with Crippen molar-refractivity contribution < 1.29 is 4.74 Å². The third-order valence-corrected chi connectivity index (χ3v) is 5.00. The Morgan fingerprint density at radius 3 is 2.90 bits per heavy atom. The van der Waals surface area contributed by atoms with Crippen molar-refractivity contribution in [1.29, 1.82) is 0 Å². The van der Waals surface area contributed by atoms with Gasteiger partial charge >= 0.3 is 0 Å². The van der Waals surface area contributed by atoms with Crippen molar-refractivity contribution in [2.45, 2.75) is 70.8 Å². The van der Waals surface area contributed by atoms with Gasteiger partial charge in [0.15, 0.2) is 0 Å². The fraction of sp³-hybridized carbons (Fsp3) is 0.765. The van der Waals surface area contributed by atoms with E-state index in [0.29, 0.717) is 12.5 Å². The van der Waals surface area contributed by atoms with Crippen LogP contribution >= 0.6 is 0 Å². The van der Waals surface area contributed by atoms with Crippen LogP contribution in [0.3, 0.4) is 0 Å². The zero-order valence-corrected chi connectivity index (χ0v) is 13.2. The minimum absolute atomic E-state index is 0.0620. The molecule has 2 atom stereocenters. The first-order valence-electron chi connectivity index (χ1n) is 8.41. The zero-order valence-electron chi connectivity index (χ0n) is 13.2. The van der Waals surface area contributed by atoms with Crippen LogP contribution in [0.15, 0.2) is 4.79 Å². The van der Waals surface area contributed by atoms with Gasteiger partial charge in [0.05, 0.1) is 5.69 Å². The van der Waals surface area contributed by atoms with Gasteiger partial charge < -0.3 is 9.72 Å². The molecular weight excluding hydrogens is 264 g/mol. The minimum Gasteiger partial charge on any atom is -0.367 e. The van der Waals surface area contributed by atoms with Crippen LogP contribution in [0.1, 0.15) is 69.5 Å². The van der Waals surface area contributed by atoms with E-state index in [4.69, 9.17) is 9.72 Å². The Bertz CT molecular complexity index is 562. The second kappa shape index (κ2) is 5.91. The van der Waals surface area contributed by atoms with E-state index in [2.05, 4.69) is 11.9 Å². The highest BCUT2D eigenvalue weighted by Gasteiger charge is 2.40. The van der Waals surface area contributed by atoms with E-state index >= 15 is 0 Å². The molecule has 0 bridgehead atoms. The second-order valence-electron chi connectivity index (χ2n) is 6.68. The summed E-state index contributed by atoms with van der Waals surface area (Å²) >= 11 is 0. The van der Waals surface area contributed by atoms with E-state index in [1.165, 1.54) is 6.42 Å². The molecule has 4 nitrogen and oxygen atoms in total. The van der Waals surface area contributed by atoms with E-state index in [9.17, 15) is 4.79 Å². The molecule has 3 rings (SSSR count). The number of aromatic nitrogens is 2. The smallest absolute Gasteiger partial charge is 0.254 e. The fourth-order valence-corrected chi connectivity index (χ4v) is 4.01. The molecule has 1 aromatic heterocycles. The van der Waals surface area contributed by atoms with Crippen molar-refractivity contribution in [3.8, 4) is 0 Å². The number of nitrogens with zero attached hydrogens (tertiary/aromatic N) is 1. The van der Waals surface area contributed by atoms with E-state index in [1.807, 2.05) is 6.92 Å². The molecule has 0 spiro atoms. The Kier molecular flexibility index (Phi) is 4.16. The van der Waals surface area contributed by atoms with Crippen LogP contribution in [-0.2, 0) is 23.2 Å². The highest BCUT2D eigenvalue weighted by molar-refractivity contribution is 5.22. The maximum absolute atomic E-state index is 12.4. The largest absolute Gasteiger partial charge is 0.367 e. The number of nitrogens with one attached hydrogen (secondary N) is 1. The standard InChI is InChI=1S/C17H26N2O2/c1-3-21-17(10-6-7-12(2)11-17)16-18-14-9-5-4-8-13(14)15(20)19-16/h12H,3-11H2,1-2H3,(H,18,19,20). The molecule has 1 N–H and O–H groups in total. The first-order chi connectivity index (χ1) is 10.1. The van der Waals surface area contributed by atoms with Crippen molar-refractivity contribution in [1.82, 2.24) is 9.97 Å². The van der Waals surface area contributed by atoms with Gasteiger partial charge in [-0.3, -0.25) is 4.79 Å². The molecule has 0 amide bonds. The van der Waals surface area contributed by atoms with Crippen LogP contribution in [0.25, 0.3) is 0 Å². The Morgan fingerprint density at radius 2 is 2.14 bits per heavy atom. The first-order valence-corrected chi connectivity index (χ1v) is 8.41. The average molecular weight is 290 g/mol. The normalized spacial score (nSPS) is 29.1. The van der Waals surface area contributed by atoms with Gasteiger partial charge in [0.25, 0.3) is 5.56 Å². The molecule has 21 heavy (non-hydrogen) atoms. The van der Waals surface area contributed by atoms with Crippen LogP contribution in [0, 0.1) is 5.92 Å². The van der Waals surface area contributed by atoms with Gasteiger partial charge in [-0.05, 0) is 57.8 Å². The Morgan fingerprint density at radius 1 is 1.33 bits per heavy atom. The predicted octanol–water partition coefficient (Wildman–Crippen LogP) is 3.09. The maximum atomic E-state index is 12.4. The molecule has 0 radical (unpaired) electrons. The number of hydrogen-bond donors (Lipinski definition) is 1. The van der Waals surface area contributed by atoms with Gasteiger partial charge in [-0.25, -0.2) is 4.98 Å². The lowest BCUT2D eigenvalue weighted by Gasteiger charge is -2.39. The topological polar surface area (TPSA) is 55.0 Å². The van der Waals surface area contributed by atoms with Gasteiger partial charge in [0.2, 0.25) is 0 Å². The van der Waals surface area contributed by atoms with Crippen LogP contribution in [0.4, 0.5) is 0 Å². The van der Waals surface area contributed by atoms with Crippen LogP contribution in [0.2, 0.25) is 0 Å². The number of aryl methyl sites for hydroxylation is 1. The lowest BCUT2D eigenvalue weighted by Crippen LogP contribution is -2.39. The molecule has 4 heteroatoms. The molecule has 1 saturated carbocycles. The highest BCUT2D eigenvalue weighted by Crippen LogP contribution is 2.41. The summed E-state index contributed by atoms with van der Waals surface area (Å²) in [5, 5.41) is 0. The third-order valence-electron chi connectivity index (χ3n) is 5.00. The number of aromatic amines is 1. The van der Waals surface area contributed by atoms with Crippen molar-refractivity contribution in [2.75, 3.05) is 6.61 Å². The summed E-state index contributed by atoms with van der Waals surface area (Å²) in [4.78, 5) is 20.3. The first kappa shape index (κ1) is 14.8. The quantitative estimate of drug-likeness (QED) is 0.930. The molecule has 1 heterocycles. The SMILES string of the molecule is CCOC1(c2nc3c(c(=O)[nH]2)CCCC3)CCCC(C)C1. The Labute approximate surface area is 126 Å². The molecule has 2 aliphatic carbocycles. The van der Waals surface area contributed by atoms with E-state index in [-0.39, 0.29) is 11.2 Å². The zero-order chi connectivity index (χ0) is 14.9. The number of hydrogen-bond acceptors (Lipinski definition) is 3. The van der Waals surface area contributed by atoms with Gasteiger partial charge in [0.1, 0.15) is 11.4 Å². The predicted molar refractivity (Wildman–Crippen MR) is 82.4 cm³/mol. The molecule has 0 saturated heterocycles. The fourth-order valence-electron chi connectivity index (χ4n) is 4.01. The minimum atomic E-state index is -0.377. The summed E-state index contributed by atoms with van der Waals surface area (Å²) in [6.07, 6.45) is 8.35. The number of H-pyrrole nitrogens is 1. The summed E-state index contributed by atoms with van der Waals surface area (Å²) in [5.41, 5.74) is 1.60. The molecular formula is C17H26N2O2. The number of rotatable bonds is 3. The summed E-state index contributed by atoms with van der Waals surface area (Å²) in [6, 6.07) is 0. The second-order valence-corrected chi connectivity index (χ2v) is 6.68. The number of ether oxygens (including phenoxy) is 1. The summed E-state index contributed by atoms with van der Waals surface area (Å²) in [6.45, 7) is 4.95. The van der Waals surface area contributed by atoms with Crippen molar-refractivity contribution in [3.05, 3.63) is 27.4 Å². The molecule has 116 valence electrons. The van der Waals surface area contributed by atoms with Crippen molar-refractivity contribution in [3.63, 3.8) is 0 Å². The Balaban J connectivity index is 2.03. The van der Waals surface area contributed by atoms with Gasteiger partial charge in [-0.1, -0.05) is 13.3 Å². The maximum Gasteiger partial charge on any atom is 0.254 e. The summed E-state index contributed by atoms with van der Waals surface area (Å²) in [5.74, 6) is 1.40. The molecule has 0 aromatic carbocycles. The summed E-state index contributed by atoms with van der Waals surface area (Å²) < 4.78 is 6.14. The van der Waals surface area contributed by atoms with Gasteiger partial charge in [0, 0.05) is 12.2 Å². The average Bonchev–Trinajstić information content (AvgIpc) is 2.47. The number of fused-ring (bicyclic) bond motifs is 1. The molecule has 2 unspecified atom stereocenters. The van der Waals surface area contributed by atoms with E-state index in [0.717, 1.165) is 62.0 Å². The molecule has 1 aromatic rings. The van der Waals surface area contributed by atoms with Crippen LogP contribution in [-0.4, -0.2) is 16.6 Å². The Hall–Kier alpha value is -1.16. The van der Waals surface area contributed by atoms with Gasteiger partial charge in [-0.2, -0.15) is 0 Å². The van der Waals surface area contributed by atoms with E-state index < -0.39 is 0 Å².